The van der Waals surface area contributed by atoms with Gasteiger partial charge in [0.25, 0.3) is 0 Å². The lowest BCUT2D eigenvalue weighted by Crippen LogP contribution is -2.27. The molecule has 3 rings (SSSR count). The first-order chi connectivity index (χ1) is 6.42. The van der Waals surface area contributed by atoms with Crippen LogP contribution >= 0.6 is 0 Å². The Balaban J connectivity index is 1.78. The SMILES string of the molecule is C1=CC2OC2(C2CCCCC2)C=C1. The fourth-order valence-corrected chi connectivity index (χ4v) is 2.90. The molecule has 0 radical (unpaired) electrons. The fraction of sp³-hybridized carbons (Fsp3) is 0.667. The van der Waals surface area contributed by atoms with Crippen molar-refractivity contribution in [2.75, 3.05) is 0 Å². The van der Waals surface area contributed by atoms with E-state index in [0.717, 1.165) is 5.92 Å². The summed E-state index contributed by atoms with van der Waals surface area (Å²) < 4.78 is 5.83. The zero-order valence-corrected chi connectivity index (χ0v) is 7.91. The van der Waals surface area contributed by atoms with Crippen molar-refractivity contribution >= 4 is 0 Å². The third-order valence-electron chi connectivity index (χ3n) is 3.72. The Hall–Kier alpha value is -0.560. The van der Waals surface area contributed by atoms with E-state index in [1.54, 1.807) is 0 Å². The first-order valence-corrected chi connectivity index (χ1v) is 5.46. The average Bonchev–Trinajstić information content (AvgIpc) is 2.94. The maximum Gasteiger partial charge on any atom is 0.120 e. The molecule has 3 aliphatic rings. The number of fused-ring (bicyclic) bond motifs is 1. The molecule has 2 aliphatic carbocycles. The van der Waals surface area contributed by atoms with Crippen molar-refractivity contribution in [2.24, 2.45) is 5.92 Å². The highest BCUT2D eigenvalue weighted by Gasteiger charge is 2.58. The molecule has 0 amide bonds. The summed E-state index contributed by atoms with van der Waals surface area (Å²) in [5, 5.41) is 0. The van der Waals surface area contributed by atoms with Gasteiger partial charge in [0.1, 0.15) is 11.7 Å². The monoisotopic (exact) mass is 176 g/mol. The van der Waals surface area contributed by atoms with E-state index in [9.17, 15) is 0 Å². The molecule has 0 aromatic rings. The number of hydrogen-bond donors (Lipinski definition) is 0. The first-order valence-electron chi connectivity index (χ1n) is 5.46. The van der Waals surface area contributed by atoms with E-state index >= 15 is 0 Å². The molecular formula is C12H16O. The van der Waals surface area contributed by atoms with E-state index in [1.165, 1.54) is 32.1 Å². The van der Waals surface area contributed by atoms with Crippen LogP contribution in [0.25, 0.3) is 0 Å². The van der Waals surface area contributed by atoms with Gasteiger partial charge in [0.15, 0.2) is 0 Å². The minimum Gasteiger partial charge on any atom is -0.357 e. The molecule has 70 valence electrons. The standard InChI is InChI=1S/C12H16O/c1-2-6-10(7-3-1)12-9-5-4-8-11(12)13-12/h4-5,8-11H,1-3,6-7H2. The molecule has 1 aliphatic heterocycles. The highest BCUT2D eigenvalue weighted by molar-refractivity contribution is 5.32. The summed E-state index contributed by atoms with van der Waals surface area (Å²) in [6, 6.07) is 0. The second-order valence-electron chi connectivity index (χ2n) is 4.47. The van der Waals surface area contributed by atoms with Crippen LogP contribution in [-0.4, -0.2) is 11.7 Å². The van der Waals surface area contributed by atoms with E-state index < -0.39 is 0 Å². The molecule has 2 fully saturated rings. The van der Waals surface area contributed by atoms with Gasteiger partial charge < -0.3 is 4.74 Å². The van der Waals surface area contributed by atoms with Crippen LogP contribution < -0.4 is 0 Å². The van der Waals surface area contributed by atoms with Crippen LogP contribution in [-0.2, 0) is 4.74 Å². The Morgan fingerprint density at radius 3 is 2.69 bits per heavy atom. The van der Waals surface area contributed by atoms with Crippen LogP contribution in [0.2, 0.25) is 0 Å². The summed E-state index contributed by atoms with van der Waals surface area (Å²) in [5.41, 5.74) is 0.148. The Morgan fingerprint density at radius 2 is 1.92 bits per heavy atom. The number of hydrogen-bond acceptors (Lipinski definition) is 1. The van der Waals surface area contributed by atoms with E-state index in [0.29, 0.717) is 6.10 Å². The van der Waals surface area contributed by atoms with E-state index in [4.69, 9.17) is 4.74 Å². The molecule has 2 atom stereocenters. The number of epoxide rings is 1. The van der Waals surface area contributed by atoms with Crippen LogP contribution in [0.5, 0.6) is 0 Å². The predicted octanol–water partition coefficient (Wildman–Crippen LogP) is 2.83. The van der Waals surface area contributed by atoms with Gasteiger partial charge in [-0.3, -0.25) is 0 Å². The number of allylic oxidation sites excluding steroid dienone is 2. The second-order valence-corrected chi connectivity index (χ2v) is 4.47. The first kappa shape index (κ1) is 7.81. The molecule has 0 N–H and O–H groups in total. The van der Waals surface area contributed by atoms with Gasteiger partial charge in [-0.2, -0.15) is 0 Å². The van der Waals surface area contributed by atoms with Crippen molar-refractivity contribution < 1.29 is 4.74 Å². The molecular weight excluding hydrogens is 160 g/mol. The summed E-state index contributed by atoms with van der Waals surface area (Å²) in [7, 11) is 0. The highest BCUT2D eigenvalue weighted by atomic mass is 16.6. The van der Waals surface area contributed by atoms with Crippen molar-refractivity contribution in [1.29, 1.82) is 0 Å². The van der Waals surface area contributed by atoms with E-state index in [-0.39, 0.29) is 5.60 Å². The van der Waals surface area contributed by atoms with Gasteiger partial charge >= 0.3 is 0 Å². The molecule has 0 spiro atoms. The molecule has 1 heterocycles. The Morgan fingerprint density at radius 1 is 1.08 bits per heavy atom. The van der Waals surface area contributed by atoms with E-state index in [2.05, 4.69) is 24.3 Å². The van der Waals surface area contributed by atoms with Crippen molar-refractivity contribution in [3.8, 4) is 0 Å². The lowest BCUT2D eigenvalue weighted by molar-refractivity contribution is 0.212. The Labute approximate surface area is 79.5 Å². The maximum absolute atomic E-state index is 5.83. The molecule has 0 aromatic carbocycles. The molecule has 0 bridgehead atoms. The molecule has 1 saturated heterocycles. The second kappa shape index (κ2) is 2.71. The third-order valence-corrected chi connectivity index (χ3v) is 3.72. The minimum absolute atomic E-state index is 0.148. The predicted molar refractivity (Wildman–Crippen MR) is 52.5 cm³/mol. The smallest absolute Gasteiger partial charge is 0.120 e. The molecule has 1 heteroatoms. The summed E-state index contributed by atoms with van der Waals surface area (Å²) in [6.45, 7) is 0. The quantitative estimate of drug-likeness (QED) is 0.560. The van der Waals surface area contributed by atoms with Crippen molar-refractivity contribution in [3.05, 3.63) is 24.3 Å². The van der Waals surface area contributed by atoms with Crippen molar-refractivity contribution in [1.82, 2.24) is 0 Å². The van der Waals surface area contributed by atoms with Gasteiger partial charge in [-0.15, -0.1) is 0 Å². The van der Waals surface area contributed by atoms with E-state index in [1.807, 2.05) is 0 Å². The molecule has 1 nitrogen and oxygen atoms in total. The van der Waals surface area contributed by atoms with Crippen LogP contribution in [0.15, 0.2) is 24.3 Å². The normalized spacial score (nSPS) is 43.2. The third kappa shape index (κ3) is 1.10. The van der Waals surface area contributed by atoms with Crippen LogP contribution in [0.4, 0.5) is 0 Å². The summed E-state index contributed by atoms with van der Waals surface area (Å²) in [5.74, 6) is 0.799. The van der Waals surface area contributed by atoms with Gasteiger partial charge in [-0.05, 0) is 24.8 Å². The molecule has 13 heavy (non-hydrogen) atoms. The zero-order valence-electron chi connectivity index (χ0n) is 7.91. The van der Waals surface area contributed by atoms with Gasteiger partial charge in [0.05, 0.1) is 0 Å². The van der Waals surface area contributed by atoms with Crippen molar-refractivity contribution in [2.45, 2.75) is 43.8 Å². The van der Waals surface area contributed by atoms with Crippen molar-refractivity contribution in [3.63, 3.8) is 0 Å². The van der Waals surface area contributed by atoms with Gasteiger partial charge in [0.2, 0.25) is 0 Å². The minimum atomic E-state index is 0.148. The Bertz CT molecular complexity index is 260. The molecule has 0 aromatic heterocycles. The van der Waals surface area contributed by atoms with Crippen LogP contribution in [0.1, 0.15) is 32.1 Å². The lowest BCUT2D eigenvalue weighted by atomic mass is 9.77. The summed E-state index contributed by atoms with van der Waals surface area (Å²) >= 11 is 0. The topological polar surface area (TPSA) is 12.5 Å². The zero-order chi connectivity index (χ0) is 8.73. The maximum atomic E-state index is 5.83. The molecule has 2 unspecified atom stereocenters. The summed E-state index contributed by atoms with van der Waals surface area (Å²) in [4.78, 5) is 0. The largest absolute Gasteiger partial charge is 0.357 e. The Kier molecular flexibility index (Phi) is 1.63. The fourth-order valence-electron chi connectivity index (χ4n) is 2.90. The van der Waals surface area contributed by atoms with Gasteiger partial charge in [0, 0.05) is 0 Å². The number of rotatable bonds is 1. The van der Waals surface area contributed by atoms with Crippen LogP contribution in [0.3, 0.4) is 0 Å². The average molecular weight is 176 g/mol. The molecule has 1 saturated carbocycles. The van der Waals surface area contributed by atoms with Crippen LogP contribution in [0, 0.1) is 5.92 Å². The highest BCUT2D eigenvalue weighted by Crippen LogP contribution is 2.51. The number of ether oxygens (including phenoxy) is 1. The summed E-state index contributed by atoms with van der Waals surface area (Å²) in [6.07, 6.45) is 16.1. The van der Waals surface area contributed by atoms with Gasteiger partial charge in [-0.25, -0.2) is 0 Å². The lowest BCUT2D eigenvalue weighted by Gasteiger charge is -2.26. The van der Waals surface area contributed by atoms with Gasteiger partial charge in [-0.1, -0.05) is 37.5 Å².